The fourth-order valence-corrected chi connectivity index (χ4v) is 3.78. The van der Waals surface area contributed by atoms with Crippen LogP contribution >= 0.6 is 0 Å². The number of phenolic OH excluding ortho intramolecular Hbond substituents is 1. The van der Waals surface area contributed by atoms with Gasteiger partial charge in [0.05, 0.1) is 4.90 Å². The number of rotatable bonds is 2. The van der Waals surface area contributed by atoms with E-state index in [0.717, 1.165) is 16.7 Å². The van der Waals surface area contributed by atoms with E-state index in [4.69, 9.17) is 0 Å². The average Bonchev–Trinajstić information content (AvgIpc) is 2.83. The number of phenols is 1. The Bertz CT molecular complexity index is 751. The lowest BCUT2D eigenvalue weighted by Gasteiger charge is -2.15. The third kappa shape index (κ3) is 2.19. The lowest BCUT2D eigenvalue weighted by atomic mass is 10.1. The zero-order chi connectivity index (χ0) is 14.3. The fourth-order valence-electron chi connectivity index (χ4n) is 2.38. The molecule has 0 spiro atoms. The summed E-state index contributed by atoms with van der Waals surface area (Å²) in [5.74, 6) is 0.165. The monoisotopic (exact) mass is 289 g/mol. The summed E-state index contributed by atoms with van der Waals surface area (Å²) in [4.78, 5) is 0.306. The molecule has 1 N–H and O–H groups in total. The number of nitrogens with zero attached hydrogens (tertiary/aromatic N) is 1. The summed E-state index contributed by atoms with van der Waals surface area (Å²) < 4.78 is 26.6. The summed E-state index contributed by atoms with van der Waals surface area (Å²) >= 11 is 0. The van der Waals surface area contributed by atoms with Crippen molar-refractivity contribution in [1.82, 2.24) is 4.31 Å². The minimum Gasteiger partial charge on any atom is -0.508 e. The number of aromatic hydroxyl groups is 1. The maximum atomic E-state index is 12.6. The van der Waals surface area contributed by atoms with Crippen LogP contribution in [0.3, 0.4) is 0 Å². The molecule has 0 radical (unpaired) electrons. The minimum absolute atomic E-state index is 0.165. The van der Waals surface area contributed by atoms with E-state index in [9.17, 15) is 13.5 Å². The van der Waals surface area contributed by atoms with Gasteiger partial charge in [0, 0.05) is 13.1 Å². The first-order chi connectivity index (χ1) is 9.46. The lowest BCUT2D eigenvalue weighted by Crippen LogP contribution is -2.25. The van der Waals surface area contributed by atoms with Gasteiger partial charge in [-0.25, -0.2) is 8.42 Å². The first-order valence-electron chi connectivity index (χ1n) is 6.34. The van der Waals surface area contributed by atoms with Gasteiger partial charge in [-0.3, -0.25) is 0 Å². The molecule has 5 heteroatoms. The molecule has 0 atom stereocenters. The van der Waals surface area contributed by atoms with Crippen LogP contribution in [-0.4, -0.2) is 17.8 Å². The van der Waals surface area contributed by atoms with Gasteiger partial charge in [-0.1, -0.05) is 23.8 Å². The molecule has 2 aromatic rings. The van der Waals surface area contributed by atoms with E-state index in [1.54, 1.807) is 42.5 Å². The third-order valence-electron chi connectivity index (χ3n) is 3.54. The number of aryl methyl sites for hydroxylation is 1. The maximum absolute atomic E-state index is 12.6. The summed E-state index contributed by atoms with van der Waals surface area (Å²) in [6.45, 7) is 2.58. The van der Waals surface area contributed by atoms with Gasteiger partial charge in [-0.05, 0) is 42.3 Å². The highest BCUT2D eigenvalue weighted by Gasteiger charge is 2.30. The lowest BCUT2D eigenvalue weighted by molar-refractivity contribution is 0.431. The van der Waals surface area contributed by atoms with Crippen LogP contribution in [0.15, 0.2) is 47.4 Å². The van der Waals surface area contributed by atoms with Gasteiger partial charge in [0.15, 0.2) is 0 Å². The Labute approximate surface area is 118 Å². The normalized spacial score (nSPS) is 15.2. The van der Waals surface area contributed by atoms with Crippen molar-refractivity contribution >= 4 is 10.0 Å². The Hall–Kier alpha value is -1.85. The Morgan fingerprint density at radius 2 is 1.65 bits per heavy atom. The molecule has 0 fully saturated rings. The molecule has 2 aromatic carbocycles. The quantitative estimate of drug-likeness (QED) is 0.923. The van der Waals surface area contributed by atoms with Gasteiger partial charge >= 0.3 is 0 Å². The highest BCUT2D eigenvalue weighted by atomic mass is 32.2. The second kappa shape index (κ2) is 4.61. The molecule has 1 heterocycles. The first-order valence-corrected chi connectivity index (χ1v) is 7.78. The van der Waals surface area contributed by atoms with E-state index in [1.165, 1.54) is 4.31 Å². The van der Waals surface area contributed by atoms with Crippen LogP contribution in [0.1, 0.15) is 16.7 Å². The van der Waals surface area contributed by atoms with E-state index in [1.807, 2.05) is 6.92 Å². The van der Waals surface area contributed by atoms with Gasteiger partial charge in [0.2, 0.25) is 10.0 Å². The highest BCUT2D eigenvalue weighted by Crippen LogP contribution is 2.30. The van der Waals surface area contributed by atoms with E-state index in [2.05, 4.69) is 0 Å². The van der Waals surface area contributed by atoms with Crippen molar-refractivity contribution in [2.75, 3.05) is 0 Å². The molecule has 1 aliphatic heterocycles. The Kier molecular flexibility index (Phi) is 3.03. The molecule has 104 valence electrons. The highest BCUT2D eigenvalue weighted by molar-refractivity contribution is 7.89. The van der Waals surface area contributed by atoms with Crippen LogP contribution in [0.4, 0.5) is 0 Å². The predicted molar refractivity (Wildman–Crippen MR) is 75.7 cm³/mol. The molecule has 1 aliphatic rings. The summed E-state index contributed by atoms with van der Waals surface area (Å²) in [5, 5.41) is 9.47. The van der Waals surface area contributed by atoms with Crippen molar-refractivity contribution in [3.63, 3.8) is 0 Å². The molecule has 4 nitrogen and oxygen atoms in total. The molecule has 0 bridgehead atoms. The van der Waals surface area contributed by atoms with E-state index < -0.39 is 10.0 Å². The Morgan fingerprint density at radius 3 is 2.35 bits per heavy atom. The molecular weight excluding hydrogens is 274 g/mol. The van der Waals surface area contributed by atoms with Gasteiger partial charge in [0.25, 0.3) is 0 Å². The third-order valence-corrected chi connectivity index (χ3v) is 5.35. The van der Waals surface area contributed by atoms with Crippen molar-refractivity contribution in [3.05, 3.63) is 59.2 Å². The van der Waals surface area contributed by atoms with Gasteiger partial charge in [-0.15, -0.1) is 0 Å². The van der Waals surface area contributed by atoms with Crippen molar-refractivity contribution in [1.29, 1.82) is 0 Å². The Morgan fingerprint density at radius 1 is 1.00 bits per heavy atom. The molecule has 20 heavy (non-hydrogen) atoms. The summed E-state index contributed by atoms with van der Waals surface area (Å²) in [6.07, 6.45) is 0. The Balaban J connectivity index is 1.93. The number of hydrogen-bond donors (Lipinski definition) is 1. The SMILES string of the molecule is Cc1ccc(S(=O)(=O)N2Cc3ccc(O)cc3C2)cc1. The fraction of sp³-hybridized carbons (Fsp3) is 0.200. The largest absolute Gasteiger partial charge is 0.508 e. The number of hydrogen-bond acceptors (Lipinski definition) is 3. The molecule has 0 amide bonds. The molecular formula is C15H15NO3S. The number of benzene rings is 2. The van der Waals surface area contributed by atoms with Crippen molar-refractivity contribution in [2.45, 2.75) is 24.9 Å². The van der Waals surface area contributed by atoms with Crippen LogP contribution in [0.2, 0.25) is 0 Å². The smallest absolute Gasteiger partial charge is 0.243 e. The van der Waals surface area contributed by atoms with Crippen LogP contribution < -0.4 is 0 Å². The van der Waals surface area contributed by atoms with Gasteiger partial charge in [0.1, 0.15) is 5.75 Å². The van der Waals surface area contributed by atoms with E-state index in [-0.39, 0.29) is 5.75 Å². The predicted octanol–water partition coefficient (Wildman–Crippen LogP) is 2.41. The van der Waals surface area contributed by atoms with Crippen LogP contribution in [0.5, 0.6) is 5.75 Å². The summed E-state index contributed by atoms with van der Waals surface area (Å²) in [6, 6.07) is 11.8. The van der Waals surface area contributed by atoms with Gasteiger partial charge in [-0.2, -0.15) is 4.31 Å². The molecule has 0 saturated carbocycles. The second-order valence-corrected chi connectivity index (χ2v) is 6.98. The number of sulfonamides is 1. The number of fused-ring (bicyclic) bond motifs is 1. The second-order valence-electron chi connectivity index (χ2n) is 5.04. The standard InChI is InChI=1S/C15H15NO3S/c1-11-2-6-15(7-3-11)20(18,19)16-9-12-4-5-14(17)8-13(12)10-16/h2-8,17H,9-10H2,1H3. The van der Waals surface area contributed by atoms with E-state index >= 15 is 0 Å². The van der Waals surface area contributed by atoms with Crippen molar-refractivity contribution < 1.29 is 13.5 Å². The van der Waals surface area contributed by atoms with Crippen LogP contribution in [-0.2, 0) is 23.1 Å². The van der Waals surface area contributed by atoms with Crippen LogP contribution in [0.25, 0.3) is 0 Å². The van der Waals surface area contributed by atoms with E-state index in [0.29, 0.717) is 18.0 Å². The molecule has 0 aromatic heterocycles. The van der Waals surface area contributed by atoms with Crippen LogP contribution in [0, 0.1) is 6.92 Å². The zero-order valence-corrected chi connectivity index (χ0v) is 11.9. The van der Waals surface area contributed by atoms with Crippen molar-refractivity contribution in [2.24, 2.45) is 0 Å². The molecule has 0 saturated heterocycles. The maximum Gasteiger partial charge on any atom is 0.243 e. The summed E-state index contributed by atoms with van der Waals surface area (Å²) in [7, 11) is -3.48. The average molecular weight is 289 g/mol. The zero-order valence-electron chi connectivity index (χ0n) is 11.1. The van der Waals surface area contributed by atoms with Gasteiger partial charge < -0.3 is 5.11 Å². The topological polar surface area (TPSA) is 57.6 Å². The molecule has 3 rings (SSSR count). The molecule has 0 aliphatic carbocycles. The molecule has 0 unspecified atom stereocenters. The van der Waals surface area contributed by atoms with Crippen molar-refractivity contribution in [3.8, 4) is 5.75 Å². The summed E-state index contributed by atoms with van der Waals surface area (Å²) in [5.41, 5.74) is 2.83. The first kappa shape index (κ1) is 13.1. The minimum atomic E-state index is -3.48.